The lowest BCUT2D eigenvalue weighted by molar-refractivity contribution is -0.708. The molecule has 0 amide bonds. The van der Waals surface area contributed by atoms with E-state index in [9.17, 15) is 9.59 Å². The largest absolute Gasteiger partial charge is 0.415 e. The molecule has 2 aromatic heterocycles. The van der Waals surface area contributed by atoms with Gasteiger partial charge in [0.25, 0.3) is 5.56 Å². The Hall–Kier alpha value is -1.98. The van der Waals surface area contributed by atoms with Crippen LogP contribution in [0.2, 0.25) is 0 Å². The first-order valence-electron chi connectivity index (χ1n) is 4.90. The molecule has 0 aromatic carbocycles. The van der Waals surface area contributed by atoms with Crippen LogP contribution in [0.15, 0.2) is 9.59 Å². The highest BCUT2D eigenvalue weighted by Crippen LogP contribution is 2.08. The molecule has 0 spiro atoms. The molecule has 0 saturated heterocycles. The molecule has 0 aliphatic carbocycles. The zero-order valence-electron chi connectivity index (χ0n) is 9.66. The fourth-order valence-electron chi connectivity index (χ4n) is 1.72. The Labute approximate surface area is 91.2 Å². The van der Waals surface area contributed by atoms with Crippen LogP contribution in [-0.4, -0.2) is 14.6 Å². The van der Waals surface area contributed by atoms with E-state index in [1.165, 1.54) is 11.7 Å². The molecule has 2 rings (SSSR count). The second-order valence-corrected chi connectivity index (χ2v) is 3.85. The van der Waals surface area contributed by atoms with E-state index in [1.807, 2.05) is 13.8 Å². The van der Waals surface area contributed by atoms with Gasteiger partial charge in [-0.2, -0.15) is 4.98 Å². The highest BCUT2D eigenvalue weighted by molar-refractivity contribution is 5.74. The van der Waals surface area contributed by atoms with Crippen LogP contribution in [0.5, 0.6) is 0 Å². The number of hydrogen-bond donors (Lipinski definition) is 1. The van der Waals surface area contributed by atoms with Gasteiger partial charge in [-0.05, 0) is 19.4 Å². The van der Waals surface area contributed by atoms with Crippen LogP contribution in [0, 0.1) is 13.8 Å². The van der Waals surface area contributed by atoms with Crippen molar-refractivity contribution in [3.8, 4) is 0 Å². The number of aromatic nitrogens is 4. The van der Waals surface area contributed by atoms with Gasteiger partial charge in [0, 0.05) is 7.05 Å². The highest BCUT2D eigenvalue weighted by atomic mass is 16.2. The Morgan fingerprint density at radius 1 is 1.31 bits per heavy atom. The molecule has 2 aromatic rings. The molecular weight excluding hydrogens is 208 g/mol. The third-order valence-corrected chi connectivity index (χ3v) is 2.83. The van der Waals surface area contributed by atoms with Gasteiger partial charge < -0.3 is 0 Å². The lowest BCUT2D eigenvalue weighted by Gasteiger charge is -2.03. The van der Waals surface area contributed by atoms with Crippen molar-refractivity contribution in [3.63, 3.8) is 0 Å². The molecule has 0 bridgehead atoms. The number of hydrogen-bond acceptors (Lipinski definition) is 3. The SMILES string of the molecule is Cc1n[n+](C)c2[nH]c(=O)n(C)c(=O)c2c1C. The summed E-state index contributed by atoms with van der Waals surface area (Å²) in [5.74, 6) is 0. The van der Waals surface area contributed by atoms with Gasteiger partial charge in [-0.15, -0.1) is 4.68 Å². The lowest BCUT2D eigenvalue weighted by atomic mass is 10.2. The van der Waals surface area contributed by atoms with Crippen molar-refractivity contribution in [1.29, 1.82) is 0 Å². The molecule has 0 aliphatic heterocycles. The summed E-state index contributed by atoms with van der Waals surface area (Å²) < 4.78 is 2.58. The van der Waals surface area contributed by atoms with Gasteiger partial charge in [0.05, 0.1) is 5.69 Å². The van der Waals surface area contributed by atoms with E-state index in [2.05, 4.69) is 10.1 Å². The standard InChI is InChI=1S/C10H12N4O2/c1-5-6(2)12-14(4)8-7(5)9(15)13(3)10(16)11-8/h1-4H3/p+1. The number of aryl methyl sites for hydroxylation is 3. The number of rotatable bonds is 0. The smallest absolute Gasteiger partial charge is 0.268 e. The Morgan fingerprint density at radius 3 is 2.56 bits per heavy atom. The van der Waals surface area contributed by atoms with E-state index in [0.717, 1.165) is 15.8 Å². The second kappa shape index (κ2) is 3.26. The van der Waals surface area contributed by atoms with Crippen molar-refractivity contribution in [2.24, 2.45) is 14.1 Å². The van der Waals surface area contributed by atoms with Crippen molar-refractivity contribution < 1.29 is 4.68 Å². The average Bonchev–Trinajstić information content (AvgIpc) is 2.22. The Bertz CT molecular complexity index is 697. The lowest BCUT2D eigenvalue weighted by Crippen LogP contribution is -2.42. The fraction of sp³-hybridized carbons (Fsp3) is 0.400. The number of fused-ring (bicyclic) bond motifs is 1. The van der Waals surface area contributed by atoms with Crippen molar-refractivity contribution in [2.75, 3.05) is 0 Å². The minimum absolute atomic E-state index is 0.294. The fourth-order valence-corrected chi connectivity index (χ4v) is 1.72. The van der Waals surface area contributed by atoms with E-state index >= 15 is 0 Å². The molecule has 0 aliphatic rings. The van der Waals surface area contributed by atoms with Crippen molar-refractivity contribution in [2.45, 2.75) is 13.8 Å². The minimum Gasteiger partial charge on any atom is -0.268 e. The van der Waals surface area contributed by atoms with Gasteiger partial charge in [0.15, 0.2) is 0 Å². The Morgan fingerprint density at radius 2 is 1.94 bits per heavy atom. The zero-order chi connectivity index (χ0) is 12.0. The molecule has 1 N–H and O–H groups in total. The maximum atomic E-state index is 12.0. The second-order valence-electron chi connectivity index (χ2n) is 3.85. The number of aromatic amines is 1. The van der Waals surface area contributed by atoms with Crippen LogP contribution in [-0.2, 0) is 14.1 Å². The Kier molecular flexibility index (Phi) is 2.15. The van der Waals surface area contributed by atoms with E-state index in [1.54, 1.807) is 7.05 Å². The summed E-state index contributed by atoms with van der Waals surface area (Å²) in [7, 11) is 3.15. The third-order valence-electron chi connectivity index (χ3n) is 2.83. The minimum atomic E-state index is -0.432. The predicted octanol–water partition coefficient (Wildman–Crippen LogP) is -0.937. The highest BCUT2D eigenvalue weighted by Gasteiger charge is 2.17. The number of nitrogens with one attached hydrogen (secondary N) is 1. The molecule has 0 fully saturated rings. The maximum Gasteiger partial charge on any atom is 0.415 e. The van der Waals surface area contributed by atoms with Crippen LogP contribution >= 0.6 is 0 Å². The molecule has 84 valence electrons. The van der Waals surface area contributed by atoms with Gasteiger partial charge in [0.2, 0.25) is 0 Å². The van der Waals surface area contributed by atoms with Gasteiger partial charge in [-0.3, -0.25) is 4.79 Å². The van der Waals surface area contributed by atoms with Crippen molar-refractivity contribution >= 4 is 11.0 Å². The third kappa shape index (κ3) is 1.26. The summed E-state index contributed by atoms with van der Waals surface area (Å²) in [5, 5.41) is 4.72. The molecule has 2 heterocycles. The maximum absolute atomic E-state index is 12.0. The zero-order valence-corrected chi connectivity index (χ0v) is 9.66. The van der Waals surface area contributed by atoms with Crippen LogP contribution < -0.4 is 15.9 Å². The average molecular weight is 221 g/mol. The number of H-pyrrole nitrogens is 1. The molecule has 6 nitrogen and oxygen atoms in total. The molecule has 0 unspecified atom stereocenters. The summed E-state index contributed by atoms with van der Waals surface area (Å²) >= 11 is 0. The Balaban J connectivity index is 3.21. The van der Waals surface area contributed by atoms with Crippen molar-refractivity contribution in [3.05, 3.63) is 32.1 Å². The van der Waals surface area contributed by atoms with Crippen LogP contribution in [0.1, 0.15) is 11.3 Å². The molecule has 16 heavy (non-hydrogen) atoms. The normalized spacial score (nSPS) is 11.0. The summed E-state index contributed by atoms with van der Waals surface area (Å²) in [6, 6.07) is 0. The van der Waals surface area contributed by atoms with E-state index in [-0.39, 0.29) is 5.56 Å². The van der Waals surface area contributed by atoms with E-state index in [4.69, 9.17) is 0 Å². The van der Waals surface area contributed by atoms with Gasteiger partial charge in [-0.25, -0.2) is 9.36 Å². The van der Waals surface area contributed by atoms with Gasteiger partial charge in [-0.1, -0.05) is 5.10 Å². The summed E-state index contributed by atoms with van der Waals surface area (Å²) in [4.78, 5) is 26.1. The summed E-state index contributed by atoms with van der Waals surface area (Å²) in [6.07, 6.45) is 0. The molecule has 0 saturated carbocycles. The first-order chi connectivity index (χ1) is 7.43. The van der Waals surface area contributed by atoms with Gasteiger partial charge in [0.1, 0.15) is 12.4 Å². The number of nitrogens with zero attached hydrogens (tertiary/aromatic N) is 3. The monoisotopic (exact) mass is 221 g/mol. The predicted molar refractivity (Wildman–Crippen MR) is 58.3 cm³/mol. The molecule has 0 radical (unpaired) electrons. The van der Waals surface area contributed by atoms with Crippen LogP contribution in [0.3, 0.4) is 0 Å². The van der Waals surface area contributed by atoms with E-state index < -0.39 is 5.69 Å². The van der Waals surface area contributed by atoms with E-state index in [0.29, 0.717) is 11.0 Å². The van der Waals surface area contributed by atoms with Crippen molar-refractivity contribution in [1.82, 2.24) is 14.6 Å². The molecular formula is C10H13N4O2+. The molecule has 6 heteroatoms. The first kappa shape index (κ1) is 10.5. The van der Waals surface area contributed by atoms with Gasteiger partial charge >= 0.3 is 11.3 Å². The molecule has 0 atom stereocenters. The topological polar surface area (TPSA) is 71.6 Å². The first-order valence-corrected chi connectivity index (χ1v) is 4.90. The van der Waals surface area contributed by atoms with Crippen LogP contribution in [0.25, 0.3) is 11.0 Å². The summed E-state index contributed by atoms with van der Waals surface area (Å²) in [5.41, 5.74) is 1.30. The quantitative estimate of drug-likeness (QED) is 0.584. The van der Waals surface area contributed by atoms with Crippen LogP contribution in [0.4, 0.5) is 0 Å². The summed E-state index contributed by atoms with van der Waals surface area (Å²) in [6.45, 7) is 3.66.